The number of nitrogens with two attached hydrogens (primary N) is 1. The van der Waals surface area contributed by atoms with Crippen LogP contribution in [-0.4, -0.2) is 51.0 Å². The second kappa shape index (κ2) is 7.20. The lowest BCUT2D eigenvalue weighted by Crippen LogP contribution is -2.16. The van der Waals surface area contributed by atoms with E-state index in [1.807, 2.05) is 0 Å². The van der Waals surface area contributed by atoms with Crippen LogP contribution in [0, 0.1) is 0 Å². The van der Waals surface area contributed by atoms with Gasteiger partial charge in [-0.05, 0) is 18.2 Å². The first kappa shape index (κ1) is 16.4. The highest BCUT2D eigenvalue weighted by Crippen LogP contribution is 2.19. The number of sulfonamides is 1. The van der Waals surface area contributed by atoms with Gasteiger partial charge >= 0.3 is 5.97 Å². The van der Waals surface area contributed by atoms with Crippen LogP contribution in [0.5, 0.6) is 0 Å². The Balaban J connectivity index is 2.83. The van der Waals surface area contributed by atoms with E-state index in [0.29, 0.717) is 6.54 Å². The molecule has 1 aromatic rings. The molecule has 1 rings (SSSR count). The number of hydrogen-bond acceptors (Lipinski definition) is 6. The summed E-state index contributed by atoms with van der Waals surface area (Å²) in [4.78, 5) is 10.8. The monoisotopic (exact) mass is 304 g/mol. The highest BCUT2D eigenvalue weighted by molar-refractivity contribution is 7.89. The van der Waals surface area contributed by atoms with Crippen molar-refractivity contribution in [1.29, 1.82) is 0 Å². The largest absolute Gasteiger partial charge is 0.478 e. The van der Waals surface area contributed by atoms with Crippen LogP contribution in [0.15, 0.2) is 23.1 Å². The number of ether oxygens (including phenoxy) is 1. The highest BCUT2D eigenvalue weighted by Gasteiger charge is 2.15. The Morgan fingerprint density at radius 1 is 1.35 bits per heavy atom. The first-order chi connectivity index (χ1) is 9.36. The fraction of sp³-hybridized carbons (Fsp3) is 0.364. The molecular weight excluding hydrogens is 288 g/mol. The van der Waals surface area contributed by atoms with E-state index in [2.05, 4.69) is 5.32 Å². The number of aromatic carboxylic acids is 1. The number of aliphatic hydroxyl groups is 1. The molecule has 0 aliphatic rings. The maximum Gasteiger partial charge on any atom is 0.337 e. The molecule has 20 heavy (non-hydrogen) atoms. The van der Waals surface area contributed by atoms with Gasteiger partial charge in [0.1, 0.15) is 0 Å². The Labute approximate surface area is 116 Å². The van der Waals surface area contributed by atoms with Crippen molar-refractivity contribution < 1.29 is 28.2 Å². The normalized spacial score (nSPS) is 11.3. The number of anilines is 1. The van der Waals surface area contributed by atoms with Gasteiger partial charge in [-0.1, -0.05) is 0 Å². The van der Waals surface area contributed by atoms with Crippen molar-refractivity contribution in [1.82, 2.24) is 0 Å². The molecule has 0 unspecified atom stereocenters. The number of benzene rings is 1. The number of aliphatic hydroxyl groups excluding tert-OH is 1. The quantitative estimate of drug-likeness (QED) is 0.473. The molecule has 0 saturated carbocycles. The van der Waals surface area contributed by atoms with Gasteiger partial charge in [-0.2, -0.15) is 0 Å². The molecule has 0 aliphatic carbocycles. The van der Waals surface area contributed by atoms with Crippen molar-refractivity contribution in [2.24, 2.45) is 5.14 Å². The molecule has 8 nitrogen and oxygen atoms in total. The van der Waals surface area contributed by atoms with Gasteiger partial charge in [0, 0.05) is 12.2 Å². The second-order valence-electron chi connectivity index (χ2n) is 3.82. The summed E-state index contributed by atoms with van der Waals surface area (Å²) in [5, 5.41) is 25.3. The molecule has 0 fully saturated rings. The molecule has 1 aromatic carbocycles. The highest BCUT2D eigenvalue weighted by atomic mass is 32.2. The van der Waals surface area contributed by atoms with E-state index < -0.39 is 16.0 Å². The van der Waals surface area contributed by atoms with Crippen LogP contribution >= 0.6 is 0 Å². The van der Waals surface area contributed by atoms with Gasteiger partial charge in [-0.25, -0.2) is 18.4 Å². The first-order valence-corrected chi connectivity index (χ1v) is 7.23. The molecule has 0 spiro atoms. The number of hydrogen-bond donors (Lipinski definition) is 4. The van der Waals surface area contributed by atoms with Gasteiger partial charge in [-0.15, -0.1) is 0 Å². The predicted octanol–water partition coefficient (Wildman–Crippen LogP) is -0.547. The molecule has 0 radical (unpaired) electrons. The Morgan fingerprint density at radius 3 is 2.60 bits per heavy atom. The van der Waals surface area contributed by atoms with Crippen LogP contribution in [0.3, 0.4) is 0 Å². The molecule has 5 N–H and O–H groups in total. The third-order valence-electron chi connectivity index (χ3n) is 2.35. The van der Waals surface area contributed by atoms with Crippen LogP contribution in [-0.2, 0) is 14.8 Å². The fourth-order valence-electron chi connectivity index (χ4n) is 1.46. The number of carbonyl (C=O) groups is 1. The van der Waals surface area contributed by atoms with Crippen LogP contribution in [0.25, 0.3) is 0 Å². The summed E-state index contributed by atoms with van der Waals surface area (Å²) in [6.45, 7) is 0.687. The third kappa shape index (κ3) is 4.78. The maximum atomic E-state index is 11.2. The van der Waals surface area contributed by atoms with Crippen molar-refractivity contribution in [2.75, 3.05) is 31.7 Å². The SMILES string of the molecule is NS(=O)(=O)c1ccc(NCCOCCO)c(C(=O)O)c1. The van der Waals surface area contributed by atoms with Crippen molar-refractivity contribution in [3.05, 3.63) is 23.8 Å². The molecule has 112 valence electrons. The first-order valence-electron chi connectivity index (χ1n) is 5.69. The van der Waals surface area contributed by atoms with Crippen molar-refractivity contribution >= 4 is 21.7 Å². The smallest absolute Gasteiger partial charge is 0.337 e. The molecule has 0 atom stereocenters. The summed E-state index contributed by atoms with van der Waals surface area (Å²) in [5.74, 6) is -1.27. The van der Waals surface area contributed by atoms with E-state index >= 15 is 0 Å². The van der Waals surface area contributed by atoms with Gasteiger partial charge in [0.25, 0.3) is 0 Å². The summed E-state index contributed by atoms with van der Waals surface area (Å²) < 4.78 is 27.4. The van der Waals surface area contributed by atoms with Crippen molar-refractivity contribution in [2.45, 2.75) is 4.90 Å². The summed E-state index contributed by atoms with van der Waals surface area (Å²) in [5.41, 5.74) is 0.0659. The lowest BCUT2D eigenvalue weighted by atomic mass is 10.2. The topological polar surface area (TPSA) is 139 Å². The van der Waals surface area contributed by atoms with Gasteiger partial charge in [0.15, 0.2) is 0 Å². The van der Waals surface area contributed by atoms with E-state index in [9.17, 15) is 13.2 Å². The van der Waals surface area contributed by atoms with E-state index in [1.165, 1.54) is 12.1 Å². The minimum absolute atomic E-state index is 0.0938. The van der Waals surface area contributed by atoms with Gasteiger partial charge < -0.3 is 20.3 Å². The molecule has 0 saturated heterocycles. The molecule has 0 amide bonds. The molecule has 0 aliphatic heterocycles. The van der Waals surface area contributed by atoms with Gasteiger partial charge in [0.05, 0.1) is 30.3 Å². The maximum absolute atomic E-state index is 11.2. The fourth-order valence-corrected chi connectivity index (χ4v) is 2.00. The van der Waals surface area contributed by atoms with Crippen LogP contribution < -0.4 is 10.5 Å². The van der Waals surface area contributed by atoms with E-state index in [4.69, 9.17) is 20.1 Å². The standard InChI is InChI=1S/C11H16N2O6S/c12-20(17,18)8-1-2-10(9(7-8)11(15)16)13-3-5-19-6-4-14/h1-2,7,13-14H,3-6H2,(H,15,16)(H2,12,17,18). The summed E-state index contributed by atoms with van der Waals surface area (Å²) >= 11 is 0. The Morgan fingerprint density at radius 2 is 2.05 bits per heavy atom. The minimum atomic E-state index is -3.95. The van der Waals surface area contributed by atoms with Crippen LogP contribution in [0.1, 0.15) is 10.4 Å². The number of rotatable bonds is 8. The third-order valence-corrected chi connectivity index (χ3v) is 3.26. The Bertz CT molecular complexity index is 572. The Hall–Kier alpha value is -1.68. The van der Waals surface area contributed by atoms with Crippen LogP contribution in [0.4, 0.5) is 5.69 Å². The number of carboxylic acid groups (broad SMARTS) is 1. The molecule has 0 bridgehead atoms. The van der Waals surface area contributed by atoms with Gasteiger partial charge in [0.2, 0.25) is 10.0 Å². The lowest BCUT2D eigenvalue weighted by molar-refractivity contribution is 0.0697. The number of primary sulfonamides is 1. The van der Waals surface area contributed by atoms with E-state index in [1.54, 1.807) is 0 Å². The van der Waals surface area contributed by atoms with Gasteiger partial charge in [-0.3, -0.25) is 0 Å². The lowest BCUT2D eigenvalue weighted by Gasteiger charge is -2.11. The molecule has 9 heteroatoms. The zero-order valence-corrected chi connectivity index (χ0v) is 11.4. The zero-order valence-electron chi connectivity index (χ0n) is 10.6. The van der Waals surface area contributed by atoms with E-state index in [0.717, 1.165) is 6.07 Å². The summed E-state index contributed by atoms with van der Waals surface area (Å²) in [6, 6.07) is 3.54. The summed E-state index contributed by atoms with van der Waals surface area (Å²) in [6.07, 6.45) is 0. The molecule has 0 aromatic heterocycles. The molecule has 0 heterocycles. The number of nitrogens with one attached hydrogen (secondary N) is 1. The average Bonchev–Trinajstić information content (AvgIpc) is 2.37. The average molecular weight is 304 g/mol. The Kier molecular flexibility index (Phi) is 5.89. The van der Waals surface area contributed by atoms with Crippen molar-refractivity contribution in [3.8, 4) is 0 Å². The zero-order chi connectivity index (χ0) is 15.2. The second-order valence-corrected chi connectivity index (χ2v) is 5.38. The summed E-state index contributed by atoms with van der Waals surface area (Å²) in [7, 11) is -3.95. The minimum Gasteiger partial charge on any atom is -0.478 e. The van der Waals surface area contributed by atoms with Crippen molar-refractivity contribution in [3.63, 3.8) is 0 Å². The van der Waals surface area contributed by atoms with Crippen LogP contribution in [0.2, 0.25) is 0 Å². The van der Waals surface area contributed by atoms with E-state index in [-0.39, 0.29) is 36.0 Å². The predicted molar refractivity (Wildman–Crippen MR) is 71.2 cm³/mol. The number of carboxylic acids is 1. The molecular formula is C11H16N2O6S.